The molecule has 2 atom stereocenters. The maximum absolute atomic E-state index is 9.79. The summed E-state index contributed by atoms with van der Waals surface area (Å²) in [4.78, 5) is 4.17. The predicted octanol–water partition coefficient (Wildman–Crippen LogP) is 2.03. The average molecular weight is 285 g/mol. The summed E-state index contributed by atoms with van der Waals surface area (Å²) in [6.07, 6.45) is -1.94. The Morgan fingerprint density at radius 3 is 2.44 bits per heavy atom. The lowest BCUT2D eigenvalue weighted by Gasteiger charge is -2.15. The monoisotopic (exact) mass is 284 g/mol. The summed E-state index contributed by atoms with van der Waals surface area (Å²) in [5.41, 5.74) is 7.91. The van der Waals surface area contributed by atoms with Crippen molar-refractivity contribution in [2.45, 2.75) is 12.2 Å². The van der Waals surface area contributed by atoms with Crippen molar-refractivity contribution in [1.29, 1.82) is 0 Å². The van der Waals surface area contributed by atoms with Gasteiger partial charge in [-0.3, -0.25) is 0 Å². The van der Waals surface area contributed by atoms with E-state index in [2.05, 4.69) is 4.98 Å². The maximum Gasteiger partial charge on any atom is 0.180 e. The molecule has 0 amide bonds. The Labute approximate surface area is 114 Å². The van der Waals surface area contributed by atoms with E-state index in [4.69, 9.17) is 17.3 Å². The normalized spacial score (nSPS) is 14.4. The molecule has 2 rings (SSSR count). The van der Waals surface area contributed by atoms with Gasteiger partial charge in [-0.1, -0.05) is 24.3 Å². The second-order valence-corrected chi connectivity index (χ2v) is 5.06. The van der Waals surface area contributed by atoms with Gasteiger partial charge in [0.05, 0.1) is 17.7 Å². The first-order chi connectivity index (χ1) is 8.61. The van der Waals surface area contributed by atoms with Crippen LogP contribution < -0.4 is 5.73 Å². The SMILES string of the molecule is Nc1nc(-c2ccc(C(O)C(O)CCl)cc2)cs1. The number of nitrogen functional groups attached to an aromatic ring is 1. The number of alkyl halides is 1. The number of thiazole rings is 1. The summed E-state index contributed by atoms with van der Waals surface area (Å²) in [7, 11) is 0. The van der Waals surface area contributed by atoms with Crippen molar-refractivity contribution in [3.63, 3.8) is 0 Å². The highest BCUT2D eigenvalue weighted by Crippen LogP contribution is 2.25. The molecule has 0 fully saturated rings. The molecular formula is C12H13ClN2O2S. The molecule has 0 aliphatic rings. The standard InChI is InChI=1S/C12H13ClN2O2S/c13-5-10(16)11(17)8-3-1-7(2-4-8)9-6-18-12(14)15-9/h1-4,6,10-11,16-17H,5H2,(H2,14,15). The number of halogens is 1. The second kappa shape index (κ2) is 5.67. The van der Waals surface area contributed by atoms with Crippen LogP contribution in [-0.4, -0.2) is 27.2 Å². The van der Waals surface area contributed by atoms with E-state index >= 15 is 0 Å². The lowest BCUT2D eigenvalue weighted by atomic mass is 10.0. The molecule has 0 radical (unpaired) electrons. The quantitative estimate of drug-likeness (QED) is 0.751. The average Bonchev–Trinajstić information content (AvgIpc) is 2.84. The number of aromatic nitrogens is 1. The van der Waals surface area contributed by atoms with Gasteiger partial charge in [0.15, 0.2) is 5.13 Å². The Morgan fingerprint density at radius 2 is 1.94 bits per heavy atom. The zero-order valence-electron chi connectivity index (χ0n) is 9.45. The van der Waals surface area contributed by atoms with Crippen LogP contribution in [0.2, 0.25) is 0 Å². The first kappa shape index (κ1) is 13.3. The smallest absolute Gasteiger partial charge is 0.180 e. The molecule has 0 spiro atoms. The van der Waals surface area contributed by atoms with Crippen LogP contribution in [0, 0.1) is 0 Å². The minimum absolute atomic E-state index is 0.00840. The molecule has 0 aliphatic carbocycles. The largest absolute Gasteiger partial charge is 0.389 e. The highest BCUT2D eigenvalue weighted by Gasteiger charge is 2.17. The Kier molecular flexibility index (Phi) is 4.19. The third-order valence-corrected chi connectivity index (χ3v) is 3.58. The van der Waals surface area contributed by atoms with Crippen LogP contribution >= 0.6 is 22.9 Å². The van der Waals surface area contributed by atoms with Crippen molar-refractivity contribution in [3.05, 3.63) is 35.2 Å². The number of aliphatic hydroxyl groups excluding tert-OH is 2. The number of aliphatic hydroxyl groups is 2. The fourth-order valence-electron chi connectivity index (χ4n) is 1.58. The lowest BCUT2D eigenvalue weighted by Crippen LogP contribution is -2.19. The summed E-state index contributed by atoms with van der Waals surface area (Å²) in [6, 6.07) is 7.14. The molecule has 4 N–H and O–H groups in total. The fraction of sp³-hybridized carbons (Fsp3) is 0.250. The first-order valence-electron chi connectivity index (χ1n) is 5.35. The molecule has 6 heteroatoms. The predicted molar refractivity (Wildman–Crippen MR) is 73.6 cm³/mol. The van der Waals surface area contributed by atoms with Crippen molar-refractivity contribution >= 4 is 28.1 Å². The zero-order valence-corrected chi connectivity index (χ0v) is 11.0. The van der Waals surface area contributed by atoms with E-state index in [9.17, 15) is 10.2 Å². The number of hydrogen-bond donors (Lipinski definition) is 3. The maximum atomic E-state index is 9.79. The molecule has 2 aromatic rings. The number of rotatable bonds is 4. The van der Waals surface area contributed by atoms with E-state index in [1.54, 1.807) is 12.1 Å². The minimum atomic E-state index is -0.975. The van der Waals surface area contributed by atoms with Gasteiger partial charge in [-0.25, -0.2) is 4.98 Å². The van der Waals surface area contributed by atoms with Gasteiger partial charge in [0, 0.05) is 10.9 Å². The van der Waals surface area contributed by atoms with Gasteiger partial charge in [0.2, 0.25) is 0 Å². The summed E-state index contributed by atoms with van der Waals surface area (Å²) in [6.45, 7) is 0. The van der Waals surface area contributed by atoms with Crippen molar-refractivity contribution in [1.82, 2.24) is 4.98 Å². The fourth-order valence-corrected chi connectivity index (χ4v) is 2.32. The van der Waals surface area contributed by atoms with Crippen LogP contribution in [0.25, 0.3) is 11.3 Å². The van der Waals surface area contributed by atoms with E-state index in [-0.39, 0.29) is 5.88 Å². The van der Waals surface area contributed by atoms with Crippen LogP contribution in [-0.2, 0) is 0 Å². The Hall–Kier alpha value is -1.14. The van der Waals surface area contributed by atoms with Gasteiger partial charge in [-0.15, -0.1) is 22.9 Å². The van der Waals surface area contributed by atoms with E-state index < -0.39 is 12.2 Å². The van der Waals surface area contributed by atoms with Crippen molar-refractivity contribution in [2.24, 2.45) is 0 Å². The van der Waals surface area contributed by atoms with Crippen molar-refractivity contribution < 1.29 is 10.2 Å². The minimum Gasteiger partial charge on any atom is -0.389 e. The molecular weight excluding hydrogens is 272 g/mol. The van der Waals surface area contributed by atoms with E-state index in [1.807, 2.05) is 17.5 Å². The van der Waals surface area contributed by atoms with Crippen LogP contribution in [0.1, 0.15) is 11.7 Å². The zero-order chi connectivity index (χ0) is 13.1. The van der Waals surface area contributed by atoms with Crippen LogP contribution in [0.4, 0.5) is 5.13 Å². The van der Waals surface area contributed by atoms with Gasteiger partial charge in [-0.2, -0.15) is 0 Å². The van der Waals surface area contributed by atoms with Gasteiger partial charge >= 0.3 is 0 Å². The van der Waals surface area contributed by atoms with Crippen LogP contribution in [0.3, 0.4) is 0 Å². The van der Waals surface area contributed by atoms with E-state index in [1.165, 1.54) is 11.3 Å². The molecule has 2 unspecified atom stereocenters. The summed E-state index contributed by atoms with van der Waals surface area (Å²) in [5.74, 6) is -0.00840. The number of nitrogens with two attached hydrogens (primary N) is 1. The van der Waals surface area contributed by atoms with Crippen molar-refractivity contribution in [2.75, 3.05) is 11.6 Å². The Balaban J connectivity index is 2.20. The third-order valence-electron chi connectivity index (χ3n) is 2.59. The van der Waals surface area contributed by atoms with Gasteiger partial charge in [0.1, 0.15) is 6.10 Å². The Bertz CT molecular complexity index is 515. The second-order valence-electron chi connectivity index (χ2n) is 3.86. The molecule has 4 nitrogen and oxygen atoms in total. The number of hydrogen-bond acceptors (Lipinski definition) is 5. The van der Waals surface area contributed by atoms with Gasteiger partial charge in [0.25, 0.3) is 0 Å². The molecule has 1 aromatic carbocycles. The van der Waals surface area contributed by atoms with Gasteiger partial charge in [-0.05, 0) is 5.56 Å². The summed E-state index contributed by atoms with van der Waals surface area (Å²) in [5, 5.41) is 21.6. The Morgan fingerprint density at radius 1 is 1.28 bits per heavy atom. The molecule has 0 aliphatic heterocycles. The van der Waals surface area contributed by atoms with Crippen LogP contribution in [0.5, 0.6) is 0 Å². The highest BCUT2D eigenvalue weighted by molar-refractivity contribution is 7.13. The summed E-state index contributed by atoms with van der Waals surface area (Å²) < 4.78 is 0. The molecule has 0 saturated carbocycles. The molecule has 0 bridgehead atoms. The van der Waals surface area contributed by atoms with E-state index in [0.29, 0.717) is 10.7 Å². The topological polar surface area (TPSA) is 79.4 Å². The van der Waals surface area contributed by atoms with E-state index in [0.717, 1.165) is 11.3 Å². The lowest BCUT2D eigenvalue weighted by molar-refractivity contribution is 0.0327. The molecule has 1 heterocycles. The van der Waals surface area contributed by atoms with Crippen molar-refractivity contribution in [3.8, 4) is 11.3 Å². The summed E-state index contributed by atoms with van der Waals surface area (Å²) >= 11 is 6.87. The molecule has 1 aromatic heterocycles. The number of anilines is 1. The molecule has 96 valence electrons. The number of benzene rings is 1. The number of nitrogens with zero attached hydrogens (tertiary/aromatic N) is 1. The molecule has 0 saturated heterocycles. The first-order valence-corrected chi connectivity index (χ1v) is 6.76. The third kappa shape index (κ3) is 2.81. The van der Waals surface area contributed by atoms with Gasteiger partial charge < -0.3 is 15.9 Å². The molecule has 18 heavy (non-hydrogen) atoms. The van der Waals surface area contributed by atoms with Crippen LogP contribution in [0.15, 0.2) is 29.6 Å². The highest BCUT2D eigenvalue weighted by atomic mass is 35.5.